The molecule has 4 nitrogen and oxygen atoms in total. The lowest BCUT2D eigenvalue weighted by Gasteiger charge is -2.25. The van der Waals surface area contributed by atoms with E-state index in [-0.39, 0.29) is 0 Å². The third-order valence-electron chi connectivity index (χ3n) is 3.54. The van der Waals surface area contributed by atoms with Crippen LogP contribution in [0.4, 0.5) is 5.82 Å². The first kappa shape index (κ1) is 12.3. The number of nitrogens with one attached hydrogen (secondary N) is 1. The van der Waals surface area contributed by atoms with Gasteiger partial charge >= 0.3 is 0 Å². The highest BCUT2D eigenvalue weighted by molar-refractivity contribution is 5.38. The molecular formula is C13H22N4. The molecule has 17 heavy (non-hydrogen) atoms. The fourth-order valence-electron chi connectivity index (χ4n) is 1.99. The lowest BCUT2D eigenvalue weighted by atomic mass is 10.2. The van der Waals surface area contributed by atoms with Gasteiger partial charge in [0.2, 0.25) is 0 Å². The minimum Gasteiger partial charge on any atom is -0.355 e. The number of anilines is 1. The number of rotatable bonds is 6. The lowest BCUT2D eigenvalue weighted by Crippen LogP contribution is -2.31. The van der Waals surface area contributed by atoms with Crippen molar-refractivity contribution in [2.24, 2.45) is 5.92 Å². The summed E-state index contributed by atoms with van der Waals surface area (Å²) in [6.45, 7) is 6.12. The van der Waals surface area contributed by atoms with E-state index in [1.807, 2.05) is 0 Å². The molecule has 4 heteroatoms. The van der Waals surface area contributed by atoms with Gasteiger partial charge in [0.1, 0.15) is 0 Å². The molecule has 1 atom stereocenters. The molecule has 1 fully saturated rings. The monoisotopic (exact) mass is 234 g/mol. The molecule has 1 saturated carbocycles. The molecule has 1 aliphatic rings. The van der Waals surface area contributed by atoms with Crippen LogP contribution < -0.4 is 10.2 Å². The number of hydrogen-bond donors (Lipinski definition) is 1. The second kappa shape index (κ2) is 5.45. The molecular weight excluding hydrogens is 212 g/mol. The Morgan fingerprint density at radius 1 is 1.41 bits per heavy atom. The van der Waals surface area contributed by atoms with Gasteiger partial charge in [-0.1, -0.05) is 6.92 Å². The number of nitrogens with zero attached hydrogens (tertiary/aromatic N) is 3. The standard InChI is InChI=1S/C13H22N4/c1-4-14-9-12-7-8-13(16-15-12)17(3)10(2)11-5-6-11/h7-8,10-11,14H,4-6,9H2,1-3H3. The summed E-state index contributed by atoms with van der Waals surface area (Å²) < 4.78 is 0. The van der Waals surface area contributed by atoms with Crippen LogP contribution in [-0.2, 0) is 6.54 Å². The van der Waals surface area contributed by atoms with Gasteiger partial charge in [-0.05, 0) is 44.4 Å². The topological polar surface area (TPSA) is 41.0 Å². The minimum absolute atomic E-state index is 0.573. The largest absolute Gasteiger partial charge is 0.355 e. The van der Waals surface area contributed by atoms with Gasteiger partial charge in [-0.25, -0.2) is 0 Å². The summed E-state index contributed by atoms with van der Waals surface area (Å²) in [6, 6.07) is 4.70. The zero-order chi connectivity index (χ0) is 12.3. The molecule has 0 radical (unpaired) electrons. The van der Waals surface area contributed by atoms with Gasteiger partial charge in [0.05, 0.1) is 5.69 Å². The fraction of sp³-hybridized carbons (Fsp3) is 0.692. The van der Waals surface area contributed by atoms with E-state index in [0.29, 0.717) is 6.04 Å². The predicted octanol–water partition coefficient (Wildman–Crippen LogP) is 1.82. The van der Waals surface area contributed by atoms with Crippen molar-refractivity contribution in [1.82, 2.24) is 15.5 Å². The molecule has 0 aliphatic heterocycles. The molecule has 0 amide bonds. The van der Waals surface area contributed by atoms with Crippen molar-refractivity contribution in [2.45, 2.75) is 39.3 Å². The Bertz CT molecular complexity index is 345. The van der Waals surface area contributed by atoms with E-state index in [2.05, 4.69) is 53.4 Å². The average molecular weight is 234 g/mol. The molecule has 1 aromatic heterocycles. The number of hydrogen-bond acceptors (Lipinski definition) is 4. The Labute approximate surface area is 103 Å². The normalized spacial score (nSPS) is 16.9. The Morgan fingerprint density at radius 3 is 2.71 bits per heavy atom. The van der Waals surface area contributed by atoms with Crippen molar-refractivity contribution in [3.63, 3.8) is 0 Å². The highest BCUT2D eigenvalue weighted by Gasteiger charge is 2.31. The molecule has 0 spiro atoms. The third kappa shape index (κ3) is 3.16. The van der Waals surface area contributed by atoms with Crippen molar-refractivity contribution in [3.05, 3.63) is 17.8 Å². The molecule has 1 heterocycles. The van der Waals surface area contributed by atoms with Crippen LogP contribution in [-0.4, -0.2) is 29.8 Å². The summed E-state index contributed by atoms with van der Waals surface area (Å²) >= 11 is 0. The SMILES string of the molecule is CCNCc1ccc(N(C)C(C)C2CC2)nn1. The first-order valence-electron chi connectivity index (χ1n) is 6.48. The second-order valence-electron chi connectivity index (χ2n) is 4.85. The molecule has 2 rings (SSSR count). The van der Waals surface area contributed by atoms with Crippen molar-refractivity contribution in [2.75, 3.05) is 18.5 Å². The van der Waals surface area contributed by atoms with Gasteiger partial charge in [-0.2, -0.15) is 5.10 Å². The molecule has 94 valence electrons. The summed E-state index contributed by atoms with van der Waals surface area (Å²) in [5.41, 5.74) is 1.00. The van der Waals surface area contributed by atoms with Crippen LogP contribution >= 0.6 is 0 Å². The lowest BCUT2D eigenvalue weighted by molar-refractivity contribution is 0.599. The molecule has 1 aliphatic carbocycles. The third-order valence-corrected chi connectivity index (χ3v) is 3.54. The van der Waals surface area contributed by atoms with Crippen LogP contribution in [0.3, 0.4) is 0 Å². The van der Waals surface area contributed by atoms with Gasteiger partial charge < -0.3 is 10.2 Å². The maximum atomic E-state index is 4.30. The van der Waals surface area contributed by atoms with Crippen molar-refractivity contribution in [1.29, 1.82) is 0 Å². The molecule has 0 bridgehead atoms. The van der Waals surface area contributed by atoms with E-state index in [4.69, 9.17) is 0 Å². The Kier molecular flexibility index (Phi) is 3.94. The van der Waals surface area contributed by atoms with Gasteiger partial charge in [-0.15, -0.1) is 5.10 Å². The van der Waals surface area contributed by atoms with E-state index in [1.54, 1.807) is 0 Å². The predicted molar refractivity (Wildman–Crippen MR) is 70.0 cm³/mol. The smallest absolute Gasteiger partial charge is 0.151 e. The van der Waals surface area contributed by atoms with Crippen LogP contribution in [0.25, 0.3) is 0 Å². The molecule has 1 aromatic rings. The number of aromatic nitrogens is 2. The van der Waals surface area contributed by atoms with Crippen molar-refractivity contribution >= 4 is 5.82 Å². The minimum atomic E-state index is 0.573. The zero-order valence-electron chi connectivity index (χ0n) is 11.0. The molecule has 1 unspecified atom stereocenters. The molecule has 0 saturated heterocycles. The van der Waals surface area contributed by atoms with E-state index < -0.39 is 0 Å². The van der Waals surface area contributed by atoms with Crippen molar-refractivity contribution in [3.8, 4) is 0 Å². The Hall–Kier alpha value is -1.16. The van der Waals surface area contributed by atoms with Crippen molar-refractivity contribution < 1.29 is 0 Å². The summed E-state index contributed by atoms with van der Waals surface area (Å²) in [5, 5.41) is 11.8. The average Bonchev–Trinajstić information content (AvgIpc) is 3.19. The summed E-state index contributed by atoms with van der Waals surface area (Å²) in [5.74, 6) is 1.83. The van der Waals surface area contributed by atoms with E-state index >= 15 is 0 Å². The highest BCUT2D eigenvalue weighted by Crippen LogP contribution is 2.35. The second-order valence-corrected chi connectivity index (χ2v) is 4.85. The maximum absolute atomic E-state index is 4.30. The van der Waals surface area contributed by atoms with Crippen LogP contribution in [0, 0.1) is 5.92 Å². The van der Waals surface area contributed by atoms with Gasteiger partial charge in [-0.3, -0.25) is 0 Å². The van der Waals surface area contributed by atoms with Crippen LogP contribution in [0.5, 0.6) is 0 Å². The quantitative estimate of drug-likeness (QED) is 0.815. The van der Waals surface area contributed by atoms with E-state index in [1.165, 1.54) is 12.8 Å². The summed E-state index contributed by atoms with van der Waals surface area (Å²) in [4.78, 5) is 2.24. The van der Waals surface area contributed by atoms with Gasteiger partial charge in [0.15, 0.2) is 5.82 Å². The van der Waals surface area contributed by atoms with Gasteiger partial charge in [0.25, 0.3) is 0 Å². The van der Waals surface area contributed by atoms with Crippen LogP contribution in [0.1, 0.15) is 32.4 Å². The summed E-state index contributed by atoms with van der Waals surface area (Å²) in [7, 11) is 2.11. The Morgan fingerprint density at radius 2 is 2.18 bits per heavy atom. The van der Waals surface area contributed by atoms with Crippen LogP contribution in [0.15, 0.2) is 12.1 Å². The van der Waals surface area contributed by atoms with Gasteiger partial charge in [0, 0.05) is 19.6 Å². The molecule has 1 N–H and O–H groups in total. The molecule has 0 aromatic carbocycles. The highest BCUT2D eigenvalue weighted by atomic mass is 15.3. The first-order valence-corrected chi connectivity index (χ1v) is 6.48. The zero-order valence-corrected chi connectivity index (χ0v) is 11.0. The maximum Gasteiger partial charge on any atom is 0.151 e. The van der Waals surface area contributed by atoms with E-state index in [9.17, 15) is 0 Å². The fourth-order valence-corrected chi connectivity index (χ4v) is 1.99. The first-order chi connectivity index (χ1) is 8.22. The Balaban J connectivity index is 1.96. The van der Waals surface area contributed by atoms with E-state index in [0.717, 1.165) is 30.5 Å². The summed E-state index contributed by atoms with van der Waals surface area (Å²) in [6.07, 6.45) is 2.72. The van der Waals surface area contributed by atoms with Crippen LogP contribution in [0.2, 0.25) is 0 Å².